The Morgan fingerprint density at radius 3 is 2.93 bits per heavy atom. The van der Waals surface area contributed by atoms with Crippen molar-refractivity contribution >= 4 is 29.7 Å². The largest absolute Gasteiger partial charge is 0.370 e. The standard InChI is InChI=1S/C19H22N4O3S.ClH/c24-17-12-1-7-23(10-14(12)21-11-22-17)18(25)16-9-13-15(27-16)2-8-26-19(13)3-5-20-6-4-19;/h9,11,20H,1-8,10H2,(H,21,22,24);1H. The molecule has 3 aliphatic heterocycles. The van der Waals surface area contributed by atoms with Crippen LogP contribution in [0.25, 0.3) is 0 Å². The summed E-state index contributed by atoms with van der Waals surface area (Å²) in [5, 5.41) is 3.40. The number of rotatable bonds is 1. The monoisotopic (exact) mass is 422 g/mol. The zero-order valence-corrected chi connectivity index (χ0v) is 17.1. The third-order valence-electron chi connectivity index (χ3n) is 5.93. The maximum Gasteiger partial charge on any atom is 0.264 e. The molecule has 28 heavy (non-hydrogen) atoms. The average molecular weight is 423 g/mol. The number of nitrogens with zero attached hydrogens (tertiary/aromatic N) is 2. The maximum absolute atomic E-state index is 13.2. The summed E-state index contributed by atoms with van der Waals surface area (Å²) in [6.07, 6.45) is 4.75. The van der Waals surface area contributed by atoms with E-state index in [0.717, 1.165) is 43.8 Å². The highest BCUT2D eigenvalue weighted by atomic mass is 35.5. The molecule has 5 rings (SSSR count). The van der Waals surface area contributed by atoms with E-state index in [1.165, 1.54) is 16.8 Å². The van der Waals surface area contributed by atoms with E-state index in [1.807, 2.05) is 4.90 Å². The van der Waals surface area contributed by atoms with Gasteiger partial charge in [-0.3, -0.25) is 9.59 Å². The van der Waals surface area contributed by atoms with E-state index in [2.05, 4.69) is 21.4 Å². The minimum Gasteiger partial charge on any atom is -0.370 e. The molecule has 9 heteroatoms. The number of carbonyl (C=O) groups is 1. The maximum atomic E-state index is 13.2. The highest BCUT2D eigenvalue weighted by Gasteiger charge is 2.41. The molecule has 0 atom stereocenters. The summed E-state index contributed by atoms with van der Waals surface area (Å²) in [4.78, 5) is 35.8. The van der Waals surface area contributed by atoms with Crippen LogP contribution < -0.4 is 10.9 Å². The summed E-state index contributed by atoms with van der Waals surface area (Å²) in [6.45, 7) is 3.56. The van der Waals surface area contributed by atoms with E-state index in [1.54, 1.807) is 11.3 Å². The second-order valence-corrected chi connectivity index (χ2v) is 8.56. The lowest BCUT2D eigenvalue weighted by atomic mass is 9.83. The number of hydrogen-bond acceptors (Lipinski definition) is 6. The Morgan fingerprint density at radius 2 is 2.11 bits per heavy atom. The Balaban J connectivity index is 0.00000192. The van der Waals surface area contributed by atoms with Gasteiger partial charge in [0.15, 0.2) is 0 Å². The molecule has 0 aromatic carbocycles. The van der Waals surface area contributed by atoms with Gasteiger partial charge in [-0.15, -0.1) is 23.7 Å². The second-order valence-electron chi connectivity index (χ2n) is 7.42. The van der Waals surface area contributed by atoms with Gasteiger partial charge in [-0.05, 0) is 44.0 Å². The van der Waals surface area contributed by atoms with Gasteiger partial charge >= 0.3 is 0 Å². The molecular weight excluding hydrogens is 400 g/mol. The molecule has 5 heterocycles. The first kappa shape index (κ1) is 19.6. The average Bonchev–Trinajstić information content (AvgIpc) is 3.14. The molecule has 0 bridgehead atoms. The van der Waals surface area contributed by atoms with Gasteiger partial charge in [0.25, 0.3) is 11.5 Å². The summed E-state index contributed by atoms with van der Waals surface area (Å²) in [5.41, 5.74) is 2.31. The van der Waals surface area contributed by atoms with Gasteiger partial charge in [0.05, 0.1) is 35.7 Å². The van der Waals surface area contributed by atoms with E-state index < -0.39 is 0 Å². The van der Waals surface area contributed by atoms with Crippen LogP contribution in [0, 0.1) is 0 Å². The predicted molar refractivity (Wildman–Crippen MR) is 108 cm³/mol. The van der Waals surface area contributed by atoms with Gasteiger partial charge < -0.3 is 19.9 Å². The van der Waals surface area contributed by atoms with Crippen molar-refractivity contribution in [2.75, 3.05) is 26.2 Å². The SMILES string of the molecule is Cl.O=C(c1cc2c(s1)CCOC21CCNCC1)N1CCc2c(nc[nH]c2=O)C1. The summed E-state index contributed by atoms with van der Waals surface area (Å²) < 4.78 is 6.22. The van der Waals surface area contributed by atoms with Crippen molar-refractivity contribution in [1.29, 1.82) is 0 Å². The summed E-state index contributed by atoms with van der Waals surface area (Å²) >= 11 is 1.61. The van der Waals surface area contributed by atoms with Crippen molar-refractivity contribution in [3.05, 3.63) is 49.3 Å². The molecule has 2 aromatic rings. The number of amides is 1. The zero-order valence-electron chi connectivity index (χ0n) is 15.5. The molecule has 3 aliphatic rings. The Kier molecular flexibility index (Phi) is 5.30. The number of nitrogens with one attached hydrogen (secondary N) is 2. The Bertz CT molecular complexity index is 951. The lowest BCUT2D eigenvalue weighted by Crippen LogP contribution is -2.44. The third-order valence-corrected chi connectivity index (χ3v) is 7.11. The fraction of sp³-hybridized carbons (Fsp3) is 0.526. The van der Waals surface area contributed by atoms with Gasteiger partial charge in [-0.1, -0.05) is 0 Å². The summed E-state index contributed by atoms with van der Waals surface area (Å²) in [6, 6.07) is 2.06. The van der Waals surface area contributed by atoms with Gasteiger partial charge in [-0.2, -0.15) is 0 Å². The number of carbonyl (C=O) groups excluding carboxylic acids is 1. The molecular formula is C19H23ClN4O3S. The number of aromatic amines is 1. The number of thiophene rings is 1. The van der Waals surface area contributed by atoms with Crippen LogP contribution in [0.3, 0.4) is 0 Å². The number of halogens is 1. The van der Waals surface area contributed by atoms with E-state index in [0.29, 0.717) is 30.8 Å². The number of H-pyrrole nitrogens is 1. The molecule has 0 radical (unpaired) electrons. The van der Waals surface area contributed by atoms with Gasteiger partial charge in [0.1, 0.15) is 0 Å². The normalized spacial score (nSPS) is 20.2. The lowest BCUT2D eigenvalue weighted by molar-refractivity contribution is -0.0792. The number of piperidine rings is 1. The van der Waals surface area contributed by atoms with Crippen LogP contribution in [0.15, 0.2) is 17.2 Å². The highest BCUT2D eigenvalue weighted by molar-refractivity contribution is 7.14. The van der Waals surface area contributed by atoms with Crippen molar-refractivity contribution in [1.82, 2.24) is 20.2 Å². The first-order chi connectivity index (χ1) is 13.2. The fourth-order valence-corrected chi connectivity index (χ4v) is 5.66. The molecule has 2 aromatic heterocycles. The van der Waals surface area contributed by atoms with Crippen LogP contribution in [0.1, 0.15) is 44.2 Å². The molecule has 150 valence electrons. The number of hydrogen-bond donors (Lipinski definition) is 2. The smallest absolute Gasteiger partial charge is 0.264 e. The van der Waals surface area contributed by atoms with Gasteiger partial charge in [0, 0.05) is 23.4 Å². The zero-order chi connectivity index (χ0) is 18.4. The van der Waals surface area contributed by atoms with Crippen LogP contribution in [0.2, 0.25) is 0 Å². The molecule has 0 aliphatic carbocycles. The lowest BCUT2D eigenvalue weighted by Gasteiger charge is -2.40. The first-order valence-corrected chi connectivity index (χ1v) is 10.3. The second kappa shape index (κ2) is 7.59. The van der Waals surface area contributed by atoms with Crippen molar-refractivity contribution in [3.63, 3.8) is 0 Å². The molecule has 2 N–H and O–H groups in total. The fourth-order valence-electron chi connectivity index (χ4n) is 4.46. The van der Waals surface area contributed by atoms with Crippen LogP contribution >= 0.6 is 23.7 Å². The van der Waals surface area contributed by atoms with Crippen LogP contribution in [-0.2, 0) is 29.7 Å². The van der Waals surface area contributed by atoms with Crippen molar-refractivity contribution in [2.24, 2.45) is 0 Å². The number of ether oxygens (including phenoxy) is 1. The Labute approximate surface area is 172 Å². The third kappa shape index (κ3) is 3.18. The predicted octanol–water partition coefficient (Wildman–Crippen LogP) is 1.60. The molecule has 1 spiro atoms. The van der Waals surface area contributed by atoms with E-state index >= 15 is 0 Å². The molecule has 0 saturated carbocycles. The molecule has 1 fully saturated rings. The Morgan fingerprint density at radius 1 is 1.29 bits per heavy atom. The van der Waals surface area contributed by atoms with Crippen LogP contribution in [0.4, 0.5) is 0 Å². The minimum atomic E-state index is -0.225. The van der Waals surface area contributed by atoms with Gasteiger partial charge in [0.2, 0.25) is 0 Å². The molecule has 1 amide bonds. The first-order valence-electron chi connectivity index (χ1n) is 9.49. The van der Waals surface area contributed by atoms with Crippen LogP contribution in [0.5, 0.6) is 0 Å². The minimum absolute atomic E-state index is 0. The van der Waals surface area contributed by atoms with Crippen molar-refractivity contribution < 1.29 is 9.53 Å². The van der Waals surface area contributed by atoms with E-state index in [4.69, 9.17) is 4.74 Å². The van der Waals surface area contributed by atoms with Crippen molar-refractivity contribution in [3.8, 4) is 0 Å². The molecule has 0 unspecified atom stereocenters. The topological polar surface area (TPSA) is 87.3 Å². The summed E-state index contributed by atoms with van der Waals surface area (Å²) in [7, 11) is 0. The van der Waals surface area contributed by atoms with E-state index in [-0.39, 0.29) is 29.5 Å². The van der Waals surface area contributed by atoms with Gasteiger partial charge in [-0.25, -0.2) is 4.98 Å². The van der Waals surface area contributed by atoms with Crippen LogP contribution in [-0.4, -0.2) is 47.0 Å². The molecule has 7 nitrogen and oxygen atoms in total. The van der Waals surface area contributed by atoms with Crippen molar-refractivity contribution in [2.45, 2.75) is 37.8 Å². The quantitative estimate of drug-likeness (QED) is 0.729. The highest BCUT2D eigenvalue weighted by Crippen LogP contribution is 2.43. The number of fused-ring (bicyclic) bond motifs is 3. The van der Waals surface area contributed by atoms with E-state index in [9.17, 15) is 9.59 Å². The number of aromatic nitrogens is 2. The summed E-state index contributed by atoms with van der Waals surface area (Å²) in [5.74, 6) is 0.0335. The molecule has 1 saturated heterocycles. The Hall–Kier alpha value is -1.74.